The SMILES string of the molecule is CC(=O)Nc1ccc(C(OB(c2ccc(C)c(Cl)c2)c2ccc(C)c(Cl)c2)c2ccccn2)cc1. The molecule has 4 aromatic rings. The number of halogens is 2. The maximum absolute atomic E-state index is 11.4. The van der Waals surface area contributed by atoms with Crippen molar-refractivity contribution in [2.75, 3.05) is 5.32 Å². The quantitative estimate of drug-likeness (QED) is 0.321. The number of benzene rings is 3. The first kappa shape index (κ1) is 25.0. The average molecular weight is 503 g/mol. The number of hydrogen-bond acceptors (Lipinski definition) is 3. The molecule has 0 saturated carbocycles. The van der Waals surface area contributed by atoms with Gasteiger partial charge in [0.15, 0.2) is 0 Å². The smallest absolute Gasteiger partial charge is 0.362 e. The van der Waals surface area contributed by atoms with E-state index in [1.165, 1.54) is 6.92 Å². The Morgan fingerprint density at radius 1 is 0.886 bits per heavy atom. The molecule has 0 aliphatic carbocycles. The van der Waals surface area contributed by atoms with E-state index in [1.807, 2.05) is 92.7 Å². The molecule has 1 heterocycles. The molecule has 1 N–H and O–H groups in total. The summed E-state index contributed by atoms with van der Waals surface area (Å²) in [5.74, 6) is -0.122. The van der Waals surface area contributed by atoms with Crippen LogP contribution in [0.15, 0.2) is 85.1 Å². The van der Waals surface area contributed by atoms with Crippen LogP contribution in [0.5, 0.6) is 0 Å². The predicted molar refractivity (Wildman–Crippen MR) is 145 cm³/mol. The van der Waals surface area contributed by atoms with Crippen molar-refractivity contribution in [1.29, 1.82) is 0 Å². The number of rotatable bonds is 7. The van der Waals surface area contributed by atoms with Gasteiger partial charge in [0.1, 0.15) is 6.10 Å². The molecule has 0 aliphatic heterocycles. The summed E-state index contributed by atoms with van der Waals surface area (Å²) < 4.78 is 6.84. The summed E-state index contributed by atoms with van der Waals surface area (Å²) in [6.45, 7) is 4.97. The highest BCUT2D eigenvalue weighted by atomic mass is 35.5. The van der Waals surface area contributed by atoms with Crippen LogP contribution in [-0.4, -0.2) is 17.8 Å². The molecule has 3 aromatic carbocycles. The van der Waals surface area contributed by atoms with Crippen LogP contribution in [0.4, 0.5) is 5.69 Å². The van der Waals surface area contributed by atoms with Crippen molar-refractivity contribution < 1.29 is 9.45 Å². The highest BCUT2D eigenvalue weighted by Gasteiger charge is 2.29. The molecule has 4 nitrogen and oxygen atoms in total. The Bertz CT molecular complexity index is 1280. The molecule has 0 fully saturated rings. The molecule has 7 heteroatoms. The Balaban J connectivity index is 1.80. The van der Waals surface area contributed by atoms with E-state index in [-0.39, 0.29) is 5.91 Å². The minimum absolute atomic E-state index is 0.122. The van der Waals surface area contributed by atoms with Crippen LogP contribution in [0.2, 0.25) is 10.0 Å². The van der Waals surface area contributed by atoms with Gasteiger partial charge in [0.05, 0.1) is 5.69 Å². The molecule has 176 valence electrons. The number of aryl methyl sites for hydroxylation is 2. The Hall–Kier alpha value is -3.12. The number of nitrogens with zero attached hydrogens (tertiary/aromatic N) is 1. The zero-order chi connectivity index (χ0) is 24.9. The summed E-state index contributed by atoms with van der Waals surface area (Å²) in [4.78, 5) is 16.0. The van der Waals surface area contributed by atoms with E-state index in [2.05, 4.69) is 10.3 Å². The van der Waals surface area contributed by atoms with Gasteiger partial charge in [0.25, 0.3) is 0 Å². The lowest BCUT2D eigenvalue weighted by molar-refractivity contribution is -0.114. The first-order chi connectivity index (χ1) is 16.8. The fourth-order valence-electron chi connectivity index (χ4n) is 3.82. The molecule has 0 radical (unpaired) electrons. The van der Waals surface area contributed by atoms with Crippen LogP contribution >= 0.6 is 23.2 Å². The lowest BCUT2D eigenvalue weighted by Crippen LogP contribution is -2.46. The zero-order valence-corrected chi connectivity index (χ0v) is 21.3. The van der Waals surface area contributed by atoms with Gasteiger partial charge < -0.3 is 9.97 Å². The number of carbonyl (C=O) groups is 1. The number of aromatic nitrogens is 1. The standard InChI is InChI=1S/C28H25BCl2N2O2/c1-18-7-11-22(16-25(18)30)29(23-12-8-19(2)26(31)17-23)35-28(27-6-4-5-15-32-27)21-9-13-24(14-10-21)33-20(3)34/h4-17,28H,1-3H3,(H,33,34). The molecule has 4 rings (SSSR count). The Labute approximate surface area is 216 Å². The fourth-order valence-corrected chi connectivity index (χ4v) is 4.20. The van der Waals surface area contributed by atoms with Crippen molar-refractivity contribution in [3.05, 3.63) is 117 Å². The van der Waals surface area contributed by atoms with E-state index < -0.39 is 13.0 Å². The molecule has 1 atom stereocenters. The lowest BCUT2D eigenvalue weighted by Gasteiger charge is -2.25. The minimum atomic E-state index is -0.479. The monoisotopic (exact) mass is 502 g/mol. The summed E-state index contributed by atoms with van der Waals surface area (Å²) in [5, 5.41) is 4.14. The summed E-state index contributed by atoms with van der Waals surface area (Å²) >= 11 is 13.0. The Kier molecular flexibility index (Phi) is 7.91. The molecule has 1 amide bonds. The summed E-state index contributed by atoms with van der Waals surface area (Å²) in [5.41, 5.74) is 6.19. The van der Waals surface area contributed by atoms with Gasteiger partial charge in [0, 0.05) is 28.9 Å². The van der Waals surface area contributed by atoms with Crippen LogP contribution < -0.4 is 16.2 Å². The van der Waals surface area contributed by atoms with Crippen LogP contribution in [0.1, 0.15) is 35.4 Å². The molecule has 35 heavy (non-hydrogen) atoms. The maximum atomic E-state index is 11.4. The van der Waals surface area contributed by atoms with Crippen molar-refractivity contribution in [2.24, 2.45) is 0 Å². The van der Waals surface area contributed by atoms with E-state index in [9.17, 15) is 4.79 Å². The first-order valence-electron chi connectivity index (χ1n) is 11.3. The van der Waals surface area contributed by atoms with Crippen LogP contribution in [-0.2, 0) is 9.45 Å². The third-order valence-electron chi connectivity index (χ3n) is 5.76. The van der Waals surface area contributed by atoms with Gasteiger partial charge in [0.2, 0.25) is 5.91 Å². The Morgan fingerprint density at radius 2 is 1.49 bits per heavy atom. The van der Waals surface area contributed by atoms with Crippen LogP contribution in [0.3, 0.4) is 0 Å². The average Bonchev–Trinajstić information content (AvgIpc) is 2.84. The minimum Gasteiger partial charge on any atom is -0.414 e. The van der Waals surface area contributed by atoms with Gasteiger partial charge in [-0.1, -0.05) is 65.7 Å². The summed E-state index contributed by atoms with van der Waals surface area (Å²) in [6.07, 6.45) is 1.27. The number of amides is 1. The molecular weight excluding hydrogens is 478 g/mol. The van der Waals surface area contributed by atoms with Gasteiger partial charge in [-0.3, -0.25) is 9.78 Å². The molecule has 0 spiro atoms. The lowest BCUT2D eigenvalue weighted by atomic mass is 9.55. The summed E-state index contributed by atoms with van der Waals surface area (Å²) in [7, 11) is 0. The maximum Gasteiger partial charge on any atom is 0.362 e. The van der Waals surface area contributed by atoms with Gasteiger partial charge in [-0.05, 0) is 77.9 Å². The Morgan fingerprint density at radius 3 is 1.97 bits per heavy atom. The number of nitrogens with one attached hydrogen (secondary N) is 1. The number of anilines is 1. The van der Waals surface area contributed by atoms with Crippen molar-refractivity contribution in [3.8, 4) is 0 Å². The highest BCUT2D eigenvalue weighted by molar-refractivity contribution is 6.80. The largest absolute Gasteiger partial charge is 0.414 e. The normalized spacial score (nSPS) is 11.7. The fraction of sp³-hybridized carbons (Fsp3) is 0.143. The van der Waals surface area contributed by atoms with Crippen molar-refractivity contribution >= 4 is 52.6 Å². The van der Waals surface area contributed by atoms with Gasteiger partial charge in [-0.25, -0.2) is 0 Å². The number of carbonyl (C=O) groups excluding carboxylic acids is 1. The van der Waals surface area contributed by atoms with E-state index in [0.717, 1.165) is 33.3 Å². The van der Waals surface area contributed by atoms with Crippen LogP contribution in [0, 0.1) is 13.8 Å². The van der Waals surface area contributed by atoms with Crippen LogP contribution in [0.25, 0.3) is 0 Å². The summed E-state index contributed by atoms with van der Waals surface area (Å²) in [6, 6.07) is 25.2. The van der Waals surface area contributed by atoms with E-state index in [1.54, 1.807) is 6.20 Å². The molecular formula is C28H25BCl2N2O2. The topological polar surface area (TPSA) is 51.2 Å². The first-order valence-corrected chi connectivity index (χ1v) is 12.0. The zero-order valence-electron chi connectivity index (χ0n) is 19.8. The second-order valence-corrected chi connectivity index (χ2v) is 9.29. The van der Waals surface area contributed by atoms with E-state index >= 15 is 0 Å². The molecule has 0 aliphatic rings. The number of pyridine rings is 1. The van der Waals surface area contributed by atoms with Crippen molar-refractivity contribution in [1.82, 2.24) is 4.98 Å². The van der Waals surface area contributed by atoms with Gasteiger partial charge in [-0.15, -0.1) is 0 Å². The van der Waals surface area contributed by atoms with E-state index in [0.29, 0.717) is 15.7 Å². The van der Waals surface area contributed by atoms with Crippen molar-refractivity contribution in [3.63, 3.8) is 0 Å². The molecule has 0 bridgehead atoms. The second kappa shape index (κ2) is 11.1. The third-order valence-corrected chi connectivity index (χ3v) is 6.57. The molecule has 0 saturated heterocycles. The second-order valence-electron chi connectivity index (χ2n) is 8.47. The molecule has 1 unspecified atom stereocenters. The number of hydrogen-bond donors (Lipinski definition) is 1. The van der Waals surface area contributed by atoms with Gasteiger partial charge in [-0.2, -0.15) is 0 Å². The third kappa shape index (κ3) is 6.12. The van der Waals surface area contributed by atoms with Crippen molar-refractivity contribution in [2.45, 2.75) is 26.9 Å². The van der Waals surface area contributed by atoms with E-state index in [4.69, 9.17) is 27.9 Å². The highest BCUT2D eigenvalue weighted by Crippen LogP contribution is 2.27. The van der Waals surface area contributed by atoms with Gasteiger partial charge >= 0.3 is 6.92 Å². The molecule has 1 aromatic heterocycles. The predicted octanol–water partition coefficient (Wildman–Crippen LogP) is 5.88.